The van der Waals surface area contributed by atoms with E-state index in [-0.39, 0.29) is 5.82 Å². The number of fused-ring (bicyclic) bond motifs is 6. The fourth-order valence-corrected chi connectivity index (χ4v) is 3.77. The van der Waals surface area contributed by atoms with Crippen LogP contribution in [-0.2, 0) is 0 Å². The van der Waals surface area contributed by atoms with Crippen molar-refractivity contribution in [1.82, 2.24) is 30.1 Å². The molecule has 29 heavy (non-hydrogen) atoms. The minimum Gasteiger partial charge on any atom is -0.337 e. The molecule has 4 heterocycles. The van der Waals surface area contributed by atoms with Crippen LogP contribution in [0.3, 0.4) is 0 Å². The molecule has 0 radical (unpaired) electrons. The van der Waals surface area contributed by atoms with E-state index in [0.29, 0.717) is 5.82 Å². The average Bonchev–Trinajstić information content (AvgIpc) is 3.42. The molecule has 4 aromatic heterocycles. The second-order valence-electron chi connectivity index (χ2n) is 6.77. The lowest BCUT2D eigenvalue weighted by Gasteiger charge is -2.03. The van der Waals surface area contributed by atoms with Gasteiger partial charge >= 0.3 is 0 Å². The predicted octanol–water partition coefficient (Wildman–Crippen LogP) is 4.86. The average molecular weight is 380 g/mol. The molecule has 0 saturated heterocycles. The Labute approximate surface area is 163 Å². The lowest BCUT2D eigenvalue weighted by molar-refractivity contribution is 0.628. The lowest BCUT2D eigenvalue weighted by atomic mass is 10.1. The van der Waals surface area contributed by atoms with Crippen LogP contribution in [0.4, 0.5) is 4.39 Å². The molecule has 0 unspecified atom stereocenters. The molecular weight excluding hydrogens is 367 g/mol. The van der Waals surface area contributed by atoms with Gasteiger partial charge in [-0.25, -0.2) is 9.37 Å². The van der Waals surface area contributed by atoms with Crippen LogP contribution in [0.15, 0.2) is 67.1 Å². The summed E-state index contributed by atoms with van der Waals surface area (Å²) < 4.78 is 13.3. The van der Waals surface area contributed by atoms with Crippen molar-refractivity contribution in [1.29, 1.82) is 0 Å². The SMILES string of the molecule is Fc1ccc(-c2[nH]ncc2-c2nc3c4cccnc4c4ncccc4c3[nH]2)cc1. The number of benzene rings is 2. The van der Waals surface area contributed by atoms with Crippen LogP contribution in [0.5, 0.6) is 0 Å². The molecular formula is C22H13FN6. The van der Waals surface area contributed by atoms with E-state index < -0.39 is 0 Å². The molecule has 6 nitrogen and oxygen atoms in total. The number of halogens is 1. The van der Waals surface area contributed by atoms with E-state index >= 15 is 0 Å². The second kappa shape index (κ2) is 5.93. The number of nitrogens with one attached hydrogen (secondary N) is 2. The van der Waals surface area contributed by atoms with Crippen molar-refractivity contribution >= 4 is 32.8 Å². The highest BCUT2D eigenvalue weighted by Gasteiger charge is 2.18. The summed E-state index contributed by atoms with van der Waals surface area (Å²) in [7, 11) is 0. The summed E-state index contributed by atoms with van der Waals surface area (Å²) >= 11 is 0. The van der Waals surface area contributed by atoms with E-state index in [1.165, 1.54) is 12.1 Å². The Balaban J connectivity index is 1.66. The maximum atomic E-state index is 13.3. The van der Waals surface area contributed by atoms with E-state index in [2.05, 4.69) is 25.1 Å². The van der Waals surface area contributed by atoms with Crippen LogP contribution < -0.4 is 0 Å². The molecule has 0 fully saturated rings. The van der Waals surface area contributed by atoms with Crippen LogP contribution in [0.25, 0.3) is 55.5 Å². The van der Waals surface area contributed by atoms with E-state index in [4.69, 9.17) is 4.98 Å². The Kier molecular flexibility index (Phi) is 3.25. The van der Waals surface area contributed by atoms with Crippen LogP contribution >= 0.6 is 0 Å². The minimum atomic E-state index is -0.281. The number of rotatable bonds is 2. The van der Waals surface area contributed by atoms with Crippen molar-refractivity contribution in [2.75, 3.05) is 0 Å². The smallest absolute Gasteiger partial charge is 0.142 e. The first-order chi connectivity index (χ1) is 14.3. The summed E-state index contributed by atoms with van der Waals surface area (Å²) in [6.45, 7) is 0. The van der Waals surface area contributed by atoms with Crippen molar-refractivity contribution in [2.24, 2.45) is 0 Å². The van der Waals surface area contributed by atoms with Gasteiger partial charge in [-0.3, -0.25) is 15.1 Å². The van der Waals surface area contributed by atoms with Gasteiger partial charge in [0.2, 0.25) is 0 Å². The lowest BCUT2D eigenvalue weighted by Crippen LogP contribution is -1.86. The Bertz CT molecular complexity index is 1440. The third-order valence-corrected chi connectivity index (χ3v) is 5.10. The Morgan fingerprint density at radius 1 is 0.793 bits per heavy atom. The quantitative estimate of drug-likeness (QED) is 0.421. The third-order valence-electron chi connectivity index (χ3n) is 5.10. The first-order valence-electron chi connectivity index (χ1n) is 9.10. The molecule has 6 rings (SSSR count). The molecule has 0 amide bonds. The van der Waals surface area contributed by atoms with Crippen molar-refractivity contribution in [3.05, 3.63) is 72.9 Å². The fraction of sp³-hybridized carbons (Fsp3) is 0. The van der Waals surface area contributed by atoms with Gasteiger partial charge in [0.25, 0.3) is 0 Å². The van der Waals surface area contributed by atoms with E-state index in [1.807, 2.05) is 24.3 Å². The van der Waals surface area contributed by atoms with Crippen molar-refractivity contribution in [3.8, 4) is 22.6 Å². The number of aromatic nitrogens is 6. The number of nitrogens with zero attached hydrogens (tertiary/aromatic N) is 4. The number of hydrogen-bond donors (Lipinski definition) is 2. The topological polar surface area (TPSA) is 83.1 Å². The number of hydrogen-bond acceptors (Lipinski definition) is 4. The maximum absolute atomic E-state index is 13.3. The Hall–Kier alpha value is -4.13. The van der Waals surface area contributed by atoms with Gasteiger partial charge in [0.1, 0.15) is 11.6 Å². The molecule has 2 aromatic carbocycles. The van der Waals surface area contributed by atoms with E-state index in [9.17, 15) is 4.39 Å². The number of pyridine rings is 2. The normalized spacial score (nSPS) is 11.6. The highest BCUT2D eigenvalue weighted by atomic mass is 19.1. The Morgan fingerprint density at radius 3 is 2.31 bits per heavy atom. The Morgan fingerprint density at radius 2 is 1.52 bits per heavy atom. The standard InChI is InChI=1S/C22H13FN6/c23-13-7-5-12(6-8-13)17-16(11-26-29-17)22-27-20-14-3-1-9-24-18(14)19-15(21(20)28-22)4-2-10-25-19/h1-11H,(H,26,29)(H,27,28). The van der Waals surface area contributed by atoms with Gasteiger partial charge in [-0.2, -0.15) is 5.10 Å². The van der Waals surface area contributed by atoms with Gasteiger partial charge in [-0.15, -0.1) is 0 Å². The first kappa shape index (κ1) is 15.9. The zero-order valence-corrected chi connectivity index (χ0v) is 15.0. The molecule has 0 atom stereocenters. The fourth-order valence-electron chi connectivity index (χ4n) is 3.77. The van der Waals surface area contributed by atoms with Crippen LogP contribution in [0.2, 0.25) is 0 Å². The molecule has 2 N–H and O–H groups in total. The zero-order chi connectivity index (χ0) is 19.4. The zero-order valence-electron chi connectivity index (χ0n) is 15.0. The van der Waals surface area contributed by atoms with Gasteiger partial charge in [0.05, 0.1) is 39.5 Å². The third kappa shape index (κ3) is 2.34. The van der Waals surface area contributed by atoms with Crippen molar-refractivity contribution in [3.63, 3.8) is 0 Å². The van der Waals surface area contributed by atoms with Gasteiger partial charge in [0, 0.05) is 28.7 Å². The molecule has 0 bridgehead atoms. The highest BCUT2D eigenvalue weighted by molar-refractivity contribution is 6.21. The molecule has 6 aromatic rings. The minimum absolute atomic E-state index is 0.281. The maximum Gasteiger partial charge on any atom is 0.142 e. The molecule has 0 spiro atoms. The summed E-state index contributed by atoms with van der Waals surface area (Å²) in [5, 5.41) is 9.08. The molecule has 0 saturated carbocycles. The van der Waals surface area contributed by atoms with Crippen LogP contribution in [0.1, 0.15) is 0 Å². The molecule has 0 aliphatic heterocycles. The van der Waals surface area contributed by atoms with Gasteiger partial charge in [-0.1, -0.05) is 0 Å². The largest absolute Gasteiger partial charge is 0.337 e. The second-order valence-corrected chi connectivity index (χ2v) is 6.77. The number of imidazole rings is 1. The molecule has 0 aliphatic carbocycles. The van der Waals surface area contributed by atoms with E-state index in [0.717, 1.165) is 49.7 Å². The van der Waals surface area contributed by atoms with Gasteiger partial charge in [0.15, 0.2) is 0 Å². The highest BCUT2D eigenvalue weighted by Crippen LogP contribution is 2.35. The number of H-pyrrole nitrogens is 2. The number of aromatic amines is 2. The summed E-state index contributed by atoms with van der Waals surface area (Å²) in [4.78, 5) is 17.4. The predicted molar refractivity (Wildman–Crippen MR) is 110 cm³/mol. The summed E-state index contributed by atoms with van der Waals surface area (Å²) in [5.41, 5.74) is 5.79. The van der Waals surface area contributed by atoms with Crippen LogP contribution in [0, 0.1) is 5.82 Å². The summed E-state index contributed by atoms with van der Waals surface area (Å²) in [6.07, 6.45) is 5.25. The first-order valence-corrected chi connectivity index (χ1v) is 9.10. The van der Waals surface area contributed by atoms with E-state index in [1.54, 1.807) is 30.7 Å². The van der Waals surface area contributed by atoms with Gasteiger partial charge < -0.3 is 4.98 Å². The van der Waals surface area contributed by atoms with Crippen LogP contribution in [-0.4, -0.2) is 30.1 Å². The van der Waals surface area contributed by atoms with Crippen molar-refractivity contribution < 1.29 is 4.39 Å². The monoisotopic (exact) mass is 380 g/mol. The summed E-state index contributed by atoms with van der Waals surface area (Å²) in [5.74, 6) is 0.395. The molecule has 0 aliphatic rings. The molecule has 138 valence electrons. The van der Waals surface area contributed by atoms with Gasteiger partial charge in [-0.05, 0) is 48.5 Å². The summed E-state index contributed by atoms with van der Waals surface area (Å²) in [6, 6.07) is 14.1. The molecule has 7 heteroatoms. The van der Waals surface area contributed by atoms with Crippen molar-refractivity contribution in [2.45, 2.75) is 0 Å².